The zero-order valence-electron chi connectivity index (χ0n) is 12.6. The fraction of sp³-hybridized carbons (Fsp3) is 0.294. The van der Waals surface area contributed by atoms with Crippen molar-refractivity contribution in [3.63, 3.8) is 0 Å². The number of carbonyl (C=O) groups excluding carboxylic acids is 1. The van der Waals surface area contributed by atoms with E-state index in [4.69, 9.17) is 20.9 Å². The van der Waals surface area contributed by atoms with Crippen LogP contribution in [0.25, 0.3) is 21.5 Å². The number of primary amides is 1. The van der Waals surface area contributed by atoms with E-state index in [1.165, 1.54) is 23.3 Å². The number of aromatic nitrogens is 1. The molecule has 0 spiro atoms. The van der Waals surface area contributed by atoms with Crippen molar-refractivity contribution < 1.29 is 9.21 Å². The first kappa shape index (κ1) is 14.3. The Bertz CT molecular complexity index is 897. The summed E-state index contributed by atoms with van der Waals surface area (Å²) in [5.74, 6) is 0.266. The highest BCUT2D eigenvalue weighted by molar-refractivity contribution is 7.21. The molecule has 1 aliphatic rings. The van der Waals surface area contributed by atoms with Gasteiger partial charge >= 0.3 is 0 Å². The summed E-state index contributed by atoms with van der Waals surface area (Å²) in [4.78, 5) is 17.6. The first-order chi connectivity index (χ1) is 11.2. The Kier molecular flexibility index (Phi) is 3.34. The minimum absolute atomic E-state index is 0.375. The number of amides is 1. The van der Waals surface area contributed by atoms with E-state index in [2.05, 4.69) is 0 Å². The molecule has 4 N–H and O–H groups in total. The second-order valence-electron chi connectivity index (χ2n) is 5.84. The molecule has 118 valence electrons. The predicted octanol–water partition coefficient (Wildman–Crippen LogP) is 3.51. The van der Waals surface area contributed by atoms with Crippen molar-refractivity contribution in [2.45, 2.75) is 32.1 Å². The lowest BCUT2D eigenvalue weighted by Gasteiger charge is -2.12. The van der Waals surface area contributed by atoms with Crippen molar-refractivity contribution >= 4 is 33.1 Å². The van der Waals surface area contributed by atoms with Gasteiger partial charge in [-0.1, -0.05) is 6.42 Å². The third-order valence-electron chi connectivity index (χ3n) is 4.39. The van der Waals surface area contributed by atoms with E-state index in [0.29, 0.717) is 10.6 Å². The maximum atomic E-state index is 11.7. The number of furan rings is 1. The quantitative estimate of drug-likeness (QED) is 0.704. The van der Waals surface area contributed by atoms with Crippen LogP contribution in [0.5, 0.6) is 0 Å². The van der Waals surface area contributed by atoms with Crippen LogP contribution in [-0.4, -0.2) is 10.9 Å². The summed E-state index contributed by atoms with van der Waals surface area (Å²) < 4.78 is 5.66. The highest BCUT2D eigenvalue weighted by atomic mass is 32.1. The van der Waals surface area contributed by atoms with E-state index in [0.717, 1.165) is 52.9 Å². The minimum Gasteiger partial charge on any atom is -0.464 e. The van der Waals surface area contributed by atoms with Gasteiger partial charge in [0.25, 0.3) is 5.91 Å². The van der Waals surface area contributed by atoms with Crippen LogP contribution in [0.1, 0.15) is 40.2 Å². The van der Waals surface area contributed by atoms with Crippen molar-refractivity contribution in [1.29, 1.82) is 0 Å². The molecule has 1 amide bonds. The summed E-state index contributed by atoms with van der Waals surface area (Å²) in [5.41, 5.74) is 15.4. The smallest absolute Gasteiger partial charge is 0.260 e. The summed E-state index contributed by atoms with van der Waals surface area (Å²) in [5, 5.41) is 0.805. The van der Waals surface area contributed by atoms with Gasteiger partial charge in [0.1, 0.15) is 15.5 Å². The van der Waals surface area contributed by atoms with Crippen LogP contribution in [0.2, 0.25) is 0 Å². The largest absolute Gasteiger partial charge is 0.464 e. The minimum atomic E-state index is -0.508. The van der Waals surface area contributed by atoms with E-state index in [1.807, 2.05) is 12.1 Å². The summed E-state index contributed by atoms with van der Waals surface area (Å²) in [7, 11) is 0. The SMILES string of the molecule is NC(=O)c1sc2nc3c(c(-c4ccco4)c2c1N)CCCCC3. The Morgan fingerprint density at radius 3 is 2.83 bits per heavy atom. The van der Waals surface area contributed by atoms with E-state index in [1.54, 1.807) is 6.26 Å². The van der Waals surface area contributed by atoms with Gasteiger partial charge in [0.2, 0.25) is 0 Å². The summed E-state index contributed by atoms with van der Waals surface area (Å²) in [6.45, 7) is 0. The van der Waals surface area contributed by atoms with Gasteiger partial charge in [-0.05, 0) is 43.4 Å². The Labute approximate surface area is 137 Å². The lowest BCUT2D eigenvalue weighted by Crippen LogP contribution is -2.10. The van der Waals surface area contributed by atoms with Crippen molar-refractivity contribution in [2.75, 3.05) is 5.73 Å². The normalized spacial score (nSPS) is 14.6. The molecule has 0 bridgehead atoms. The second-order valence-corrected chi connectivity index (χ2v) is 6.84. The molecule has 0 saturated heterocycles. The number of hydrogen-bond donors (Lipinski definition) is 2. The lowest BCUT2D eigenvalue weighted by molar-refractivity contribution is 0.100. The Morgan fingerprint density at radius 1 is 1.26 bits per heavy atom. The molecule has 3 aromatic rings. The number of carbonyl (C=O) groups is 1. The fourth-order valence-electron chi connectivity index (χ4n) is 3.36. The van der Waals surface area contributed by atoms with Gasteiger partial charge in [-0.2, -0.15) is 0 Å². The van der Waals surface area contributed by atoms with Crippen LogP contribution >= 0.6 is 11.3 Å². The maximum absolute atomic E-state index is 11.7. The van der Waals surface area contributed by atoms with Gasteiger partial charge in [-0.25, -0.2) is 4.98 Å². The van der Waals surface area contributed by atoms with Gasteiger partial charge < -0.3 is 15.9 Å². The number of nitrogens with zero attached hydrogens (tertiary/aromatic N) is 1. The molecule has 0 unspecified atom stereocenters. The molecule has 0 fully saturated rings. The Hall–Kier alpha value is -2.34. The fourth-order valence-corrected chi connectivity index (χ4v) is 4.34. The van der Waals surface area contributed by atoms with Crippen LogP contribution in [0.15, 0.2) is 22.8 Å². The van der Waals surface area contributed by atoms with E-state index in [-0.39, 0.29) is 0 Å². The number of nitrogen functional groups attached to an aromatic ring is 1. The van der Waals surface area contributed by atoms with Crippen molar-refractivity contribution in [2.24, 2.45) is 5.73 Å². The second kappa shape index (κ2) is 5.38. The molecular weight excluding hydrogens is 310 g/mol. The van der Waals surface area contributed by atoms with Gasteiger partial charge in [0, 0.05) is 16.6 Å². The summed E-state index contributed by atoms with van der Waals surface area (Å²) in [6, 6.07) is 3.79. The molecular formula is C17H17N3O2S. The molecule has 1 aliphatic carbocycles. The molecule has 0 aliphatic heterocycles. The molecule has 5 nitrogen and oxygen atoms in total. The molecule has 0 saturated carbocycles. The molecule has 4 rings (SSSR count). The summed E-state index contributed by atoms with van der Waals surface area (Å²) >= 11 is 1.27. The third-order valence-corrected chi connectivity index (χ3v) is 5.51. The van der Waals surface area contributed by atoms with Crippen LogP contribution in [0.4, 0.5) is 5.69 Å². The van der Waals surface area contributed by atoms with E-state index < -0.39 is 5.91 Å². The van der Waals surface area contributed by atoms with Crippen molar-refractivity contribution in [1.82, 2.24) is 4.98 Å². The zero-order chi connectivity index (χ0) is 16.0. The Balaban J connectivity index is 2.12. The average molecular weight is 327 g/mol. The zero-order valence-corrected chi connectivity index (χ0v) is 13.4. The number of nitrogens with two attached hydrogens (primary N) is 2. The van der Waals surface area contributed by atoms with Crippen LogP contribution in [0.3, 0.4) is 0 Å². The molecule has 0 atom stereocenters. The first-order valence-corrected chi connectivity index (χ1v) is 8.56. The molecule has 3 aromatic heterocycles. The van der Waals surface area contributed by atoms with Gasteiger partial charge in [0.05, 0.1) is 12.0 Å². The number of pyridine rings is 1. The van der Waals surface area contributed by atoms with Crippen molar-refractivity contribution in [3.8, 4) is 11.3 Å². The van der Waals surface area contributed by atoms with E-state index >= 15 is 0 Å². The highest BCUT2D eigenvalue weighted by Crippen LogP contribution is 2.43. The first-order valence-electron chi connectivity index (χ1n) is 7.74. The molecule has 23 heavy (non-hydrogen) atoms. The average Bonchev–Trinajstić information content (AvgIpc) is 3.09. The number of rotatable bonds is 2. The van der Waals surface area contributed by atoms with Crippen LogP contribution in [-0.2, 0) is 12.8 Å². The molecule has 6 heteroatoms. The number of thiophene rings is 1. The number of anilines is 1. The third kappa shape index (κ3) is 2.21. The molecule has 0 radical (unpaired) electrons. The van der Waals surface area contributed by atoms with E-state index in [9.17, 15) is 4.79 Å². The molecule has 3 heterocycles. The van der Waals surface area contributed by atoms with Crippen molar-refractivity contribution in [3.05, 3.63) is 34.5 Å². The number of fused-ring (bicyclic) bond motifs is 2. The lowest BCUT2D eigenvalue weighted by atomic mass is 9.96. The van der Waals surface area contributed by atoms with Gasteiger partial charge in [-0.15, -0.1) is 11.3 Å². The van der Waals surface area contributed by atoms with Crippen LogP contribution < -0.4 is 11.5 Å². The summed E-state index contributed by atoms with van der Waals surface area (Å²) in [6.07, 6.45) is 7.01. The standard InChI is InChI=1S/C17H17N3O2S/c18-14-13-12(11-7-4-8-22-11)9-5-2-1-3-6-10(9)20-17(13)23-15(14)16(19)21/h4,7-8H,1-3,5-6,18H2,(H2,19,21). The van der Waals surface area contributed by atoms with Gasteiger partial charge in [0.15, 0.2) is 0 Å². The number of aryl methyl sites for hydroxylation is 1. The monoisotopic (exact) mass is 327 g/mol. The maximum Gasteiger partial charge on any atom is 0.260 e. The van der Waals surface area contributed by atoms with Gasteiger partial charge in [-0.3, -0.25) is 4.79 Å². The Morgan fingerprint density at radius 2 is 2.09 bits per heavy atom. The topological polar surface area (TPSA) is 95.1 Å². The number of hydrogen-bond acceptors (Lipinski definition) is 5. The highest BCUT2D eigenvalue weighted by Gasteiger charge is 2.25. The van der Waals surface area contributed by atoms with Crippen LogP contribution in [0, 0.1) is 0 Å². The predicted molar refractivity (Wildman–Crippen MR) is 91.5 cm³/mol. The molecule has 0 aromatic carbocycles.